The van der Waals surface area contributed by atoms with Crippen molar-refractivity contribution in [3.05, 3.63) is 59.2 Å². The molecule has 1 N–H and O–H groups in total. The second-order valence-electron chi connectivity index (χ2n) is 7.48. The number of carbonyl (C=O) groups excluding carboxylic acids is 2. The Hall–Kier alpha value is -3.48. The molecule has 1 saturated heterocycles. The van der Waals surface area contributed by atoms with Gasteiger partial charge < -0.3 is 24.2 Å². The van der Waals surface area contributed by atoms with Crippen molar-refractivity contribution in [2.75, 3.05) is 27.4 Å². The minimum absolute atomic E-state index is 0.0447. The first kappa shape index (κ1) is 23.2. The lowest BCUT2D eigenvalue weighted by atomic mass is 9.95. The molecule has 7 heteroatoms. The molecule has 0 bridgehead atoms. The molecular formula is C25H29NO6. The topological polar surface area (TPSA) is 85.3 Å². The zero-order valence-electron chi connectivity index (χ0n) is 18.9. The number of ether oxygens (including phenoxy) is 3. The fourth-order valence-corrected chi connectivity index (χ4v) is 3.83. The molecule has 2 aromatic rings. The van der Waals surface area contributed by atoms with Crippen LogP contribution in [0.25, 0.3) is 5.76 Å². The van der Waals surface area contributed by atoms with Gasteiger partial charge in [0.25, 0.3) is 11.7 Å². The van der Waals surface area contributed by atoms with Gasteiger partial charge in [-0.25, -0.2) is 0 Å². The molecule has 2 aromatic carbocycles. The Labute approximate surface area is 188 Å². The molecule has 3 rings (SSSR count). The summed E-state index contributed by atoms with van der Waals surface area (Å²) in [5.74, 6) is 0.0127. The SMILES string of the molecule is CCCOc1cccc(/C(O)=C2/C(=O)C(=O)N(CCC)C2c2ccc(OC)c(OC)c2)c1. The third-order valence-electron chi connectivity index (χ3n) is 5.31. The van der Waals surface area contributed by atoms with E-state index in [0.29, 0.717) is 47.9 Å². The molecule has 0 aromatic heterocycles. The lowest BCUT2D eigenvalue weighted by Gasteiger charge is -2.25. The number of Topliss-reactive ketones (excluding diaryl/α,β-unsaturated/α-hetero) is 1. The first-order valence-electron chi connectivity index (χ1n) is 10.7. The molecular weight excluding hydrogens is 410 g/mol. The fraction of sp³-hybridized carbons (Fsp3) is 0.360. The standard InChI is InChI=1S/C25H29NO6/c1-5-12-26-22(16-10-11-19(30-3)20(15-16)31-4)21(24(28)25(26)29)23(27)17-8-7-9-18(14-17)32-13-6-2/h7-11,14-15,22,27H,5-6,12-13H2,1-4H3/b23-21-. The molecule has 1 heterocycles. The van der Waals surface area contributed by atoms with Gasteiger partial charge in [0.1, 0.15) is 11.5 Å². The number of amides is 1. The number of carbonyl (C=O) groups is 2. The van der Waals surface area contributed by atoms with Gasteiger partial charge in [0.05, 0.1) is 32.4 Å². The molecule has 0 aliphatic carbocycles. The van der Waals surface area contributed by atoms with E-state index in [1.807, 2.05) is 13.8 Å². The number of hydrogen-bond acceptors (Lipinski definition) is 6. The Morgan fingerprint density at radius 1 is 1.00 bits per heavy atom. The van der Waals surface area contributed by atoms with Crippen molar-refractivity contribution in [3.8, 4) is 17.2 Å². The Kier molecular flexibility index (Phi) is 7.41. The Balaban J connectivity index is 2.15. The summed E-state index contributed by atoms with van der Waals surface area (Å²) in [6.45, 7) is 4.85. The van der Waals surface area contributed by atoms with Crippen molar-refractivity contribution < 1.29 is 28.9 Å². The van der Waals surface area contributed by atoms with E-state index in [4.69, 9.17) is 14.2 Å². The van der Waals surface area contributed by atoms with Crippen LogP contribution in [0.4, 0.5) is 0 Å². The largest absolute Gasteiger partial charge is 0.507 e. The highest BCUT2D eigenvalue weighted by molar-refractivity contribution is 6.46. The molecule has 0 spiro atoms. The van der Waals surface area contributed by atoms with Gasteiger partial charge in [0, 0.05) is 12.1 Å². The number of rotatable bonds is 9. The maximum absolute atomic E-state index is 13.0. The van der Waals surface area contributed by atoms with Crippen LogP contribution in [0.15, 0.2) is 48.0 Å². The van der Waals surface area contributed by atoms with E-state index in [1.54, 1.807) is 42.5 Å². The molecule has 1 aliphatic heterocycles. The smallest absolute Gasteiger partial charge is 0.295 e. The first-order chi connectivity index (χ1) is 15.5. The van der Waals surface area contributed by atoms with Crippen molar-refractivity contribution in [2.24, 2.45) is 0 Å². The van der Waals surface area contributed by atoms with Crippen LogP contribution >= 0.6 is 0 Å². The second kappa shape index (κ2) is 10.2. The molecule has 1 unspecified atom stereocenters. The van der Waals surface area contributed by atoms with E-state index >= 15 is 0 Å². The summed E-state index contributed by atoms with van der Waals surface area (Å²) >= 11 is 0. The normalized spacial score (nSPS) is 17.5. The second-order valence-corrected chi connectivity index (χ2v) is 7.48. The van der Waals surface area contributed by atoms with Crippen molar-refractivity contribution >= 4 is 17.4 Å². The van der Waals surface area contributed by atoms with Gasteiger partial charge in [-0.1, -0.05) is 32.0 Å². The molecule has 1 atom stereocenters. The summed E-state index contributed by atoms with van der Waals surface area (Å²) in [6, 6.07) is 11.4. The molecule has 170 valence electrons. The predicted molar refractivity (Wildman–Crippen MR) is 121 cm³/mol. The van der Waals surface area contributed by atoms with E-state index in [0.717, 1.165) is 6.42 Å². The van der Waals surface area contributed by atoms with Crippen LogP contribution in [0, 0.1) is 0 Å². The maximum atomic E-state index is 13.0. The highest BCUT2D eigenvalue weighted by atomic mass is 16.5. The van der Waals surface area contributed by atoms with Gasteiger partial charge in [-0.3, -0.25) is 9.59 Å². The van der Waals surface area contributed by atoms with Gasteiger partial charge in [0.15, 0.2) is 11.5 Å². The summed E-state index contributed by atoms with van der Waals surface area (Å²) < 4.78 is 16.4. The lowest BCUT2D eigenvalue weighted by molar-refractivity contribution is -0.139. The summed E-state index contributed by atoms with van der Waals surface area (Å²) in [4.78, 5) is 27.4. The minimum Gasteiger partial charge on any atom is -0.507 e. The summed E-state index contributed by atoms with van der Waals surface area (Å²) in [5.41, 5.74) is 1.11. The van der Waals surface area contributed by atoms with Crippen molar-refractivity contribution in [1.82, 2.24) is 4.90 Å². The maximum Gasteiger partial charge on any atom is 0.295 e. The highest BCUT2D eigenvalue weighted by Crippen LogP contribution is 2.42. The summed E-state index contributed by atoms with van der Waals surface area (Å²) in [5, 5.41) is 11.2. The van der Waals surface area contributed by atoms with Gasteiger partial charge in [-0.05, 0) is 42.7 Å². The third kappa shape index (κ3) is 4.42. The van der Waals surface area contributed by atoms with E-state index in [1.165, 1.54) is 19.1 Å². The van der Waals surface area contributed by atoms with Crippen LogP contribution in [0.3, 0.4) is 0 Å². The number of nitrogens with zero attached hydrogens (tertiary/aromatic N) is 1. The average molecular weight is 440 g/mol. The number of likely N-dealkylation sites (tertiary alicyclic amines) is 1. The Morgan fingerprint density at radius 2 is 1.75 bits per heavy atom. The van der Waals surface area contributed by atoms with Crippen LogP contribution < -0.4 is 14.2 Å². The zero-order valence-corrected chi connectivity index (χ0v) is 18.9. The lowest BCUT2D eigenvalue weighted by Crippen LogP contribution is -2.30. The number of methoxy groups -OCH3 is 2. The third-order valence-corrected chi connectivity index (χ3v) is 5.31. The first-order valence-corrected chi connectivity index (χ1v) is 10.7. The highest BCUT2D eigenvalue weighted by Gasteiger charge is 2.45. The Morgan fingerprint density at radius 3 is 2.41 bits per heavy atom. The van der Waals surface area contributed by atoms with Crippen LogP contribution in [0.1, 0.15) is 43.9 Å². The number of aliphatic hydroxyl groups is 1. The van der Waals surface area contributed by atoms with Crippen molar-refractivity contribution in [2.45, 2.75) is 32.7 Å². The zero-order chi connectivity index (χ0) is 23.3. The van der Waals surface area contributed by atoms with E-state index in [-0.39, 0.29) is 11.3 Å². The minimum atomic E-state index is -0.741. The van der Waals surface area contributed by atoms with Crippen molar-refractivity contribution in [1.29, 1.82) is 0 Å². The van der Waals surface area contributed by atoms with Gasteiger partial charge in [-0.15, -0.1) is 0 Å². The number of hydrogen-bond donors (Lipinski definition) is 1. The van der Waals surface area contributed by atoms with Gasteiger partial charge >= 0.3 is 0 Å². The Bertz CT molecular complexity index is 1030. The molecule has 7 nitrogen and oxygen atoms in total. The molecule has 0 saturated carbocycles. The monoisotopic (exact) mass is 439 g/mol. The quantitative estimate of drug-likeness (QED) is 0.356. The van der Waals surface area contributed by atoms with Crippen LogP contribution in [0.2, 0.25) is 0 Å². The molecule has 32 heavy (non-hydrogen) atoms. The number of benzene rings is 2. The molecule has 1 amide bonds. The van der Waals surface area contributed by atoms with Gasteiger partial charge in [0.2, 0.25) is 0 Å². The van der Waals surface area contributed by atoms with Crippen LogP contribution in [0.5, 0.6) is 17.2 Å². The number of ketones is 1. The summed E-state index contributed by atoms with van der Waals surface area (Å²) in [6.07, 6.45) is 1.51. The molecule has 1 aliphatic rings. The molecule has 1 fully saturated rings. The van der Waals surface area contributed by atoms with Crippen LogP contribution in [-0.2, 0) is 9.59 Å². The number of aliphatic hydroxyl groups excluding tert-OH is 1. The van der Waals surface area contributed by atoms with E-state index in [2.05, 4.69) is 0 Å². The fourth-order valence-electron chi connectivity index (χ4n) is 3.83. The molecule has 0 radical (unpaired) electrons. The summed E-state index contributed by atoms with van der Waals surface area (Å²) in [7, 11) is 3.06. The van der Waals surface area contributed by atoms with Gasteiger partial charge in [-0.2, -0.15) is 0 Å². The average Bonchev–Trinajstić information content (AvgIpc) is 3.07. The van der Waals surface area contributed by atoms with E-state index < -0.39 is 17.7 Å². The van der Waals surface area contributed by atoms with Crippen molar-refractivity contribution in [3.63, 3.8) is 0 Å². The van der Waals surface area contributed by atoms with E-state index in [9.17, 15) is 14.7 Å². The predicted octanol–water partition coefficient (Wildman–Crippen LogP) is 4.32. The van der Waals surface area contributed by atoms with Crippen LogP contribution in [-0.4, -0.2) is 49.1 Å².